The second-order valence-electron chi connectivity index (χ2n) is 5.85. The zero-order valence-electron chi connectivity index (χ0n) is 13.6. The second kappa shape index (κ2) is 8.41. The van der Waals surface area contributed by atoms with Crippen molar-refractivity contribution in [3.05, 3.63) is 4.91 Å². The summed E-state index contributed by atoms with van der Waals surface area (Å²) < 4.78 is 5.63. The Morgan fingerprint density at radius 1 is 1.56 bits per heavy atom. The van der Waals surface area contributed by atoms with Crippen LogP contribution in [-0.4, -0.2) is 76.9 Å². The molecule has 4 atom stereocenters. The van der Waals surface area contributed by atoms with Crippen LogP contribution in [0.1, 0.15) is 13.3 Å². The minimum atomic E-state index is -0.769. The molecule has 2 aliphatic rings. The van der Waals surface area contributed by atoms with E-state index < -0.39 is 43.0 Å². The number of nitroso groups, excluding NO2 is 1. The molecule has 1 unspecified atom stereocenters. The number of halogens is 1. The Balaban J connectivity index is 2.02. The van der Waals surface area contributed by atoms with E-state index in [0.717, 1.165) is 0 Å². The summed E-state index contributed by atoms with van der Waals surface area (Å²) in [5.41, 5.74) is 0. The van der Waals surface area contributed by atoms with Gasteiger partial charge in [0, 0.05) is 18.8 Å². The van der Waals surface area contributed by atoms with Crippen molar-refractivity contribution in [1.82, 2.24) is 20.5 Å². The molecule has 11 nitrogen and oxygen atoms in total. The Bertz CT molecular complexity index is 549. The number of carbonyl (C=O) groups excluding carboxylic acids is 3. The van der Waals surface area contributed by atoms with Crippen molar-refractivity contribution >= 4 is 29.6 Å². The van der Waals surface area contributed by atoms with Crippen LogP contribution in [0.4, 0.5) is 9.59 Å². The largest absolute Gasteiger partial charge is 0.394 e. The number of ether oxygens (including phenoxy) is 1. The summed E-state index contributed by atoms with van der Waals surface area (Å²) in [7, 11) is 0. The number of amides is 5. The first kappa shape index (κ1) is 19.3. The van der Waals surface area contributed by atoms with Crippen LogP contribution >= 0.6 is 11.6 Å². The van der Waals surface area contributed by atoms with E-state index in [1.807, 2.05) is 0 Å². The Kier molecular flexibility index (Phi) is 6.51. The average molecular weight is 378 g/mol. The third kappa shape index (κ3) is 4.35. The van der Waals surface area contributed by atoms with E-state index in [9.17, 15) is 24.4 Å². The Hall–Kier alpha value is -1.98. The minimum absolute atomic E-state index is 0.0340. The molecule has 0 aromatic heterocycles. The number of alkyl halides is 1. The molecule has 2 heterocycles. The van der Waals surface area contributed by atoms with E-state index in [4.69, 9.17) is 16.3 Å². The van der Waals surface area contributed by atoms with Crippen molar-refractivity contribution in [2.75, 3.05) is 25.6 Å². The SMILES string of the molecule is CC1CN([C@H]2C[C@H](NC(=O)N(CCCl)N=O)[C@@H](CO)O2)C(=O)NC1=O. The topological polar surface area (TPSA) is 141 Å². The summed E-state index contributed by atoms with van der Waals surface area (Å²) in [5.74, 6) is -0.732. The molecule has 25 heavy (non-hydrogen) atoms. The molecule has 2 saturated heterocycles. The van der Waals surface area contributed by atoms with Gasteiger partial charge in [-0.15, -0.1) is 16.5 Å². The van der Waals surface area contributed by atoms with E-state index in [1.54, 1.807) is 6.92 Å². The maximum absolute atomic E-state index is 12.0. The van der Waals surface area contributed by atoms with Crippen LogP contribution in [0.3, 0.4) is 0 Å². The van der Waals surface area contributed by atoms with Gasteiger partial charge in [0.2, 0.25) is 5.91 Å². The van der Waals surface area contributed by atoms with Gasteiger partial charge in [-0.2, -0.15) is 5.01 Å². The molecule has 12 heteroatoms. The van der Waals surface area contributed by atoms with Gasteiger partial charge < -0.3 is 15.2 Å². The minimum Gasteiger partial charge on any atom is -0.394 e. The zero-order valence-corrected chi connectivity index (χ0v) is 14.3. The lowest BCUT2D eigenvalue weighted by atomic mass is 10.1. The lowest BCUT2D eigenvalue weighted by molar-refractivity contribution is -0.128. The van der Waals surface area contributed by atoms with Gasteiger partial charge in [-0.25, -0.2) is 9.59 Å². The normalized spacial score (nSPS) is 29.3. The number of imide groups is 1. The number of nitrogens with zero attached hydrogens (tertiary/aromatic N) is 3. The fourth-order valence-corrected chi connectivity index (χ4v) is 2.91. The van der Waals surface area contributed by atoms with Crippen molar-refractivity contribution in [1.29, 1.82) is 0 Å². The van der Waals surface area contributed by atoms with Crippen molar-refractivity contribution < 1.29 is 24.2 Å². The highest BCUT2D eigenvalue weighted by molar-refractivity contribution is 6.18. The summed E-state index contributed by atoms with van der Waals surface area (Å²) in [5, 5.41) is 17.4. The molecule has 2 rings (SSSR count). The van der Waals surface area contributed by atoms with E-state index in [1.165, 1.54) is 4.90 Å². The Labute approximate surface area is 148 Å². The number of aliphatic hydroxyl groups excluding tert-OH is 1. The predicted molar refractivity (Wildman–Crippen MR) is 85.3 cm³/mol. The van der Waals surface area contributed by atoms with Gasteiger partial charge in [0.1, 0.15) is 12.3 Å². The molecule has 2 fully saturated rings. The number of rotatable bonds is 6. The number of carbonyl (C=O) groups is 3. The predicted octanol–water partition coefficient (Wildman–Crippen LogP) is -0.418. The molecule has 0 aliphatic carbocycles. The molecule has 140 valence electrons. The van der Waals surface area contributed by atoms with Crippen LogP contribution in [0.15, 0.2) is 5.29 Å². The van der Waals surface area contributed by atoms with Crippen LogP contribution in [0.2, 0.25) is 0 Å². The van der Waals surface area contributed by atoms with Gasteiger partial charge >= 0.3 is 12.1 Å². The fourth-order valence-electron chi connectivity index (χ4n) is 2.75. The number of nitrogens with one attached hydrogen (secondary N) is 2. The molecule has 0 radical (unpaired) electrons. The summed E-state index contributed by atoms with van der Waals surface area (Å²) in [6.45, 7) is 1.38. The molecule has 0 spiro atoms. The van der Waals surface area contributed by atoms with Crippen molar-refractivity contribution in [3.8, 4) is 0 Å². The highest BCUT2D eigenvalue weighted by Crippen LogP contribution is 2.25. The third-order valence-electron chi connectivity index (χ3n) is 4.11. The maximum atomic E-state index is 12.0. The van der Waals surface area contributed by atoms with E-state index in [2.05, 4.69) is 15.9 Å². The van der Waals surface area contributed by atoms with Crippen molar-refractivity contribution in [2.24, 2.45) is 11.2 Å². The Morgan fingerprint density at radius 3 is 2.88 bits per heavy atom. The third-order valence-corrected chi connectivity index (χ3v) is 4.28. The van der Waals surface area contributed by atoms with Crippen LogP contribution in [0.5, 0.6) is 0 Å². The molecular formula is C13H20ClN5O6. The van der Waals surface area contributed by atoms with Crippen molar-refractivity contribution in [3.63, 3.8) is 0 Å². The van der Waals surface area contributed by atoms with Crippen LogP contribution < -0.4 is 10.6 Å². The van der Waals surface area contributed by atoms with E-state index in [0.29, 0.717) is 5.01 Å². The lowest BCUT2D eigenvalue weighted by Gasteiger charge is -2.34. The van der Waals surface area contributed by atoms with Gasteiger partial charge in [0.25, 0.3) is 0 Å². The van der Waals surface area contributed by atoms with Gasteiger partial charge in [-0.1, -0.05) is 6.92 Å². The summed E-state index contributed by atoms with van der Waals surface area (Å²) in [4.78, 5) is 47.5. The molecule has 0 aromatic rings. The number of hydrogen-bond donors (Lipinski definition) is 3. The average Bonchev–Trinajstić information content (AvgIpc) is 2.98. The molecule has 0 aromatic carbocycles. The first-order valence-corrected chi connectivity index (χ1v) is 8.29. The fraction of sp³-hybridized carbons (Fsp3) is 0.769. The molecular weight excluding hydrogens is 358 g/mol. The maximum Gasteiger partial charge on any atom is 0.340 e. The second-order valence-corrected chi connectivity index (χ2v) is 6.22. The Morgan fingerprint density at radius 2 is 2.28 bits per heavy atom. The molecule has 0 bridgehead atoms. The quantitative estimate of drug-likeness (QED) is 0.326. The van der Waals surface area contributed by atoms with Crippen LogP contribution in [0, 0.1) is 10.8 Å². The standard InChI is InChI=1S/C13H20ClN5O6/c1-7-5-18(12(22)16-11(7)21)10-4-8(9(6-20)25-10)15-13(23)19(17-24)3-2-14/h7-10,20H,2-6H2,1H3,(H,15,23)(H,16,21,22)/t7?,8-,9+,10+/m0/s1. The lowest BCUT2D eigenvalue weighted by Crippen LogP contribution is -2.57. The zero-order chi connectivity index (χ0) is 18.6. The van der Waals surface area contributed by atoms with Crippen LogP contribution in [-0.2, 0) is 9.53 Å². The van der Waals surface area contributed by atoms with Gasteiger partial charge in [0.15, 0.2) is 0 Å². The first-order chi connectivity index (χ1) is 11.9. The first-order valence-electron chi connectivity index (χ1n) is 7.76. The molecule has 3 N–H and O–H groups in total. The van der Waals surface area contributed by atoms with Crippen LogP contribution in [0.25, 0.3) is 0 Å². The number of urea groups is 2. The molecule has 0 saturated carbocycles. The highest BCUT2D eigenvalue weighted by atomic mass is 35.5. The van der Waals surface area contributed by atoms with Crippen molar-refractivity contribution in [2.45, 2.75) is 31.7 Å². The monoisotopic (exact) mass is 377 g/mol. The van der Waals surface area contributed by atoms with Gasteiger partial charge in [-0.3, -0.25) is 15.0 Å². The summed E-state index contributed by atoms with van der Waals surface area (Å²) >= 11 is 5.49. The summed E-state index contributed by atoms with van der Waals surface area (Å²) in [6.07, 6.45) is -1.29. The summed E-state index contributed by atoms with van der Waals surface area (Å²) in [6, 6.07) is -1.99. The molecule has 5 amide bonds. The highest BCUT2D eigenvalue weighted by Gasteiger charge is 2.43. The molecule has 2 aliphatic heterocycles. The number of aliphatic hydroxyl groups is 1. The van der Waals surface area contributed by atoms with Gasteiger partial charge in [-0.05, 0) is 0 Å². The smallest absolute Gasteiger partial charge is 0.340 e. The van der Waals surface area contributed by atoms with E-state index >= 15 is 0 Å². The number of hydrogen-bond acceptors (Lipinski definition) is 7. The van der Waals surface area contributed by atoms with E-state index in [-0.39, 0.29) is 31.3 Å². The van der Waals surface area contributed by atoms with Gasteiger partial charge in [0.05, 0.1) is 30.4 Å².